The number of likely N-dealkylation sites (tertiary alicyclic amines) is 1. The van der Waals surface area contributed by atoms with Gasteiger partial charge in [-0.05, 0) is 53.1 Å². The van der Waals surface area contributed by atoms with E-state index in [0.717, 1.165) is 26.2 Å². The van der Waals surface area contributed by atoms with Crippen LogP contribution in [0.4, 0.5) is 0 Å². The fourth-order valence-corrected chi connectivity index (χ4v) is 3.77. The normalized spacial score (nSPS) is 27.0. The van der Waals surface area contributed by atoms with Gasteiger partial charge < -0.3 is 15.4 Å². The molecule has 0 saturated carbocycles. The highest BCUT2D eigenvalue weighted by Gasteiger charge is 2.38. The molecule has 0 aromatic rings. The van der Waals surface area contributed by atoms with E-state index in [1.54, 1.807) is 7.11 Å². The second kappa shape index (κ2) is 8.32. The number of hydrogen-bond acceptors (Lipinski definition) is 4. The van der Waals surface area contributed by atoms with Crippen molar-refractivity contribution in [3.63, 3.8) is 0 Å². The van der Waals surface area contributed by atoms with Crippen LogP contribution in [-0.4, -0.2) is 67.3 Å². The maximum absolute atomic E-state index is 6.24. The number of ether oxygens (including phenoxy) is 1. The molecule has 0 spiro atoms. The number of nitrogens with two attached hydrogens (primary N) is 1. The molecular weight excluding hydrogens is 250 g/mol. The van der Waals surface area contributed by atoms with Crippen LogP contribution in [-0.2, 0) is 4.74 Å². The van der Waals surface area contributed by atoms with Gasteiger partial charge in [0.2, 0.25) is 0 Å². The minimum Gasteiger partial charge on any atom is -0.383 e. The van der Waals surface area contributed by atoms with E-state index in [0.29, 0.717) is 12.1 Å². The fraction of sp³-hybridized carbons (Fsp3) is 1.00. The fourth-order valence-electron chi connectivity index (χ4n) is 3.77. The van der Waals surface area contributed by atoms with Gasteiger partial charge in [-0.25, -0.2) is 0 Å². The first-order valence-corrected chi connectivity index (χ1v) is 8.20. The van der Waals surface area contributed by atoms with Crippen LogP contribution in [0.25, 0.3) is 0 Å². The van der Waals surface area contributed by atoms with Crippen molar-refractivity contribution in [1.82, 2.24) is 9.80 Å². The van der Waals surface area contributed by atoms with Gasteiger partial charge in [-0.1, -0.05) is 6.92 Å². The molecule has 1 fully saturated rings. The van der Waals surface area contributed by atoms with Crippen molar-refractivity contribution in [2.24, 2.45) is 5.73 Å². The van der Waals surface area contributed by atoms with E-state index in [-0.39, 0.29) is 5.54 Å². The summed E-state index contributed by atoms with van der Waals surface area (Å²) in [7, 11) is 1.78. The maximum atomic E-state index is 6.24. The van der Waals surface area contributed by atoms with Crippen molar-refractivity contribution in [2.75, 3.05) is 39.9 Å². The Morgan fingerprint density at radius 2 is 1.95 bits per heavy atom. The molecule has 0 bridgehead atoms. The Kier molecular flexibility index (Phi) is 7.45. The molecule has 1 aliphatic rings. The monoisotopic (exact) mass is 285 g/mol. The molecule has 20 heavy (non-hydrogen) atoms. The summed E-state index contributed by atoms with van der Waals surface area (Å²) in [5, 5.41) is 0. The van der Waals surface area contributed by atoms with Gasteiger partial charge in [-0.15, -0.1) is 0 Å². The highest BCUT2D eigenvalue weighted by atomic mass is 16.5. The largest absolute Gasteiger partial charge is 0.383 e. The Hall–Kier alpha value is -0.160. The first kappa shape index (κ1) is 17.9. The summed E-state index contributed by atoms with van der Waals surface area (Å²) in [4.78, 5) is 5.17. The lowest BCUT2D eigenvalue weighted by Gasteiger charge is -2.46. The zero-order chi connectivity index (χ0) is 15.2. The first-order valence-electron chi connectivity index (χ1n) is 8.20. The Bertz CT molecular complexity index is 272. The molecule has 4 nitrogen and oxygen atoms in total. The lowest BCUT2D eigenvalue weighted by atomic mass is 9.87. The lowest BCUT2D eigenvalue weighted by molar-refractivity contribution is 0.0110. The molecule has 0 aromatic carbocycles. The van der Waals surface area contributed by atoms with Crippen molar-refractivity contribution >= 4 is 0 Å². The number of rotatable bonds is 7. The van der Waals surface area contributed by atoms with Crippen molar-refractivity contribution < 1.29 is 4.74 Å². The molecule has 4 heteroatoms. The summed E-state index contributed by atoms with van der Waals surface area (Å²) in [6.07, 6.45) is 3.61. The van der Waals surface area contributed by atoms with Crippen LogP contribution >= 0.6 is 0 Å². The molecule has 0 amide bonds. The number of likely N-dealkylation sites (N-methyl/N-ethyl adjacent to an activating group) is 1. The Morgan fingerprint density at radius 3 is 2.45 bits per heavy atom. The van der Waals surface area contributed by atoms with Gasteiger partial charge in [-0.2, -0.15) is 0 Å². The third-order valence-corrected chi connectivity index (χ3v) is 4.95. The summed E-state index contributed by atoms with van der Waals surface area (Å²) < 4.78 is 5.36. The quantitative estimate of drug-likeness (QED) is 0.776. The lowest BCUT2D eigenvalue weighted by Crippen LogP contribution is -2.58. The van der Waals surface area contributed by atoms with Gasteiger partial charge >= 0.3 is 0 Å². The second-order valence-electron chi connectivity index (χ2n) is 6.50. The molecule has 1 heterocycles. The van der Waals surface area contributed by atoms with E-state index in [9.17, 15) is 0 Å². The predicted molar refractivity (Wildman–Crippen MR) is 86.1 cm³/mol. The molecule has 1 rings (SSSR count). The van der Waals surface area contributed by atoms with E-state index in [4.69, 9.17) is 10.5 Å². The topological polar surface area (TPSA) is 41.7 Å². The van der Waals surface area contributed by atoms with Crippen LogP contribution in [0.1, 0.15) is 47.0 Å². The van der Waals surface area contributed by atoms with Crippen molar-refractivity contribution in [3.05, 3.63) is 0 Å². The summed E-state index contributed by atoms with van der Waals surface area (Å²) in [6, 6.07) is 1.06. The standard InChI is InChI=1S/C16H35N3O/c1-6-19(15(4)12-20-5)16(13-17)8-7-10-18(11-9-16)14(2)3/h14-15H,6-13,17H2,1-5H3. The minimum atomic E-state index is 0.149. The van der Waals surface area contributed by atoms with Crippen molar-refractivity contribution in [3.8, 4) is 0 Å². The van der Waals surface area contributed by atoms with E-state index in [2.05, 4.69) is 37.5 Å². The molecule has 1 saturated heterocycles. The summed E-state index contributed by atoms with van der Waals surface area (Å²) >= 11 is 0. The molecular formula is C16H35N3O. The van der Waals surface area contributed by atoms with Gasteiger partial charge in [0.05, 0.1) is 6.61 Å². The van der Waals surface area contributed by atoms with Crippen LogP contribution < -0.4 is 5.73 Å². The molecule has 2 N–H and O–H groups in total. The third-order valence-electron chi connectivity index (χ3n) is 4.95. The number of hydrogen-bond donors (Lipinski definition) is 1. The molecule has 0 radical (unpaired) electrons. The molecule has 1 aliphatic heterocycles. The molecule has 2 unspecified atom stereocenters. The number of nitrogens with zero attached hydrogens (tertiary/aromatic N) is 2. The molecule has 120 valence electrons. The van der Waals surface area contributed by atoms with Crippen molar-refractivity contribution in [2.45, 2.75) is 64.6 Å². The van der Waals surface area contributed by atoms with E-state index < -0.39 is 0 Å². The first-order chi connectivity index (χ1) is 9.50. The summed E-state index contributed by atoms with van der Waals surface area (Å²) in [6.45, 7) is 14.0. The average Bonchev–Trinajstić information content (AvgIpc) is 2.63. The van der Waals surface area contributed by atoms with E-state index in [1.165, 1.54) is 25.8 Å². The van der Waals surface area contributed by atoms with Gasteiger partial charge in [0.25, 0.3) is 0 Å². The maximum Gasteiger partial charge on any atom is 0.0615 e. The van der Waals surface area contributed by atoms with Gasteiger partial charge in [0.15, 0.2) is 0 Å². The van der Waals surface area contributed by atoms with Crippen LogP contribution in [0.5, 0.6) is 0 Å². The Labute approximate surface area is 125 Å². The van der Waals surface area contributed by atoms with Crippen molar-refractivity contribution in [1.29, 1.82) is 0 Å². The van der Waals surface area contributed by atoms with Crippen LogP contribution in [0.15, 0.2) is 0 Å². The van der Waals surface area contributed by atoms with Gasteiger partial charge in [0.1, 0.15) is 0 Å². The van der Waals surface area contributed by atoms with Gasteiger partial charge in [-0.3, -0.25) is 4.90 Å². The highest BCUT2D eigenvalue weighted by Crippen LogP contribution is 2.30. The molecule has 0 aliphatic carbocycles. The number of methoxy groups -OCH3 is 1. The average molecular weight is 285 g/mol. The predicted octanol–water partition coefficient (Wildman–Crippen LogP) is 1.94. The van der Waals surface area contributed by atoms with E-state index in [1.807, 2.05) is 0 Å². The third kappa shape index (κ3) is 4.17. The molecule has 0 aromatic heterocycles. The summed E-state index contributed by atoms with van der Waals surface area (Å²) in [5.74, 6) is 0. The van der Waals surface area contributed by atoms with Crippen LogP contribution in [0.3, 0.4) is 0 Å². The second-order valence-corrected chi connectivity index (χ2v) is 6.50. The minimum absolute atomic E-state index is 0.149. The SMILES string of the molecule is CCN(C(C)COC)C1(CN)CCCN(C(C)C)CC1. The van der Waals surface area contributed by atoms with E-state index >= 15 is 0 Å². The molecule has 2 atom stereocenters. The van der Waals surface area contributed by atoms with Gasteiger partial charge in [0, 0.05) is 37.8 Å². The van der Waals surface area contributed by atoms with Crippen LogP contribution in [0.2, 0.25) is 0 Å². The Balaban J connectivity index is 2.83. The summed E-state index contributed by atoms with van der Waals surface area (Å²) in [5.41, 5.74) is 6.39. The smallest absolute Gasteiger partial charge is 0.0615 e. The Morgan fingerprint density at radius 1 is 1.25 bits per heavy atom. The zero-order valence-corrected chi connectivity index (χ0v) is 14.2. The highest BCUT2D eigenvalue weighted by molar-refractivity contribution is 4.96. The zero-order valence-electron chi connectivity index (χ0n) is 14.2. The van der Waals surface area contributed by atoms with Crippen LogP contribution in [0, 0.1) is 0 Å².